The number of likely N-dealkylation sites (tertiary alicyclic amines) is 1. The minimum atomic E-state index is -0.481. The zero-order valence-corrected chi connectivity index (χ0v) is 14.6. The highest BCUT2D eigenvalue weighted by Crippen LogP contribution is 2.30. The van der Waals surface area contributed by atoms with Crippen LogP contribution in [0.1, 0.15) is 41.3 Å². The Kier molecular flexibility index (Phi) is 4.54. The van der Waals surface area contributed by atoms with Gasteiger partial charge in [0.1, 0.15) is 17.1 Å². The standard InChI is InChI=1S/C17H25N5O2/c1-12-11-14(20-13(2)19-12)15(23)22-9-5-17(6-10-22)16(24)18-7-4-8-21(17)3/h11H,4-10H2,1-3H3,(H,18,24). The molecule has 0 bridgehead atoms. The van der Waals surface area contributed by atoms with Gasteiger partial charge in [0, 0.05) is 31.9 Å². The minimum absolute atomic E-state index is 0.0740. The molecule has 1 aromatic rings. The Labute approximate surface area is 142 Å². The van der Waals surface area contributed by atoms with Crippen molar-refractivity contribution in [3.05, 3.63) is 23.3 Å². The molecule has 130 valence electrons. The molecule has 2 aliphatic rings. The van der Waals surface area contributed by atoms with E-state index in [9.17, 15) is 9.59 Å². The maximum absolute atomic E-state index is 12.7. The molecular weight excluding hydrogens is 306 g/mol. The van der Waals surface area contributed by atoms with Gasteiger partial charge < -0.3 is 10.2 Å². The van der Waals surface area contributed by atoms with E-state index in [-0.39, 0.29) is 11.8 Å². The van der Waals surface area contributed by atoms with Crippen LogP contribution in [0.2, 0.25) is 0 Å². The highest BCUT2D eigenvalue weighted by molar-refractivity contribution is 5.93. The van der Waals surface area contributed by atoms with Gasteiger partial charge >= 0.3 is 0 Å². The summed E-state index contributed by atoms with van der Waals surface area (Å²) < 4.78 is 0. The Hall–Kier alpha value is -2.02. The number of hydrogen-bond acceptors (Lipinski definition) is 5. The lowest BCUT2D eigenvalue weighted by atomic mass is 9.85. The van der Waals surface area contributed by atoms with E-state index < -0.39 is 5.54 Å². The van der Waals surface area contributed by atoms with E-state index in [1.165, 1.54) is 0 Å². The summed E-state index contributed by atoms with van der Waals surface area (Å²) >= 11 is 0. The fraction of sp³-hybridized carbons (Fsp3) is 0.647. The number of nitrogens with zero attached hydrogens (tertiary/aromatic N) is 4. The van der Waals surface area contributed by atoms with Crippen molar-refractivity contribution in [3.63, 3.8) is 0 Å². The van der Waals surface area contributed by atoms with Crippen molar-refractivity contribution in [1.82, 2.24) is 25.1 Å². The van der Waals surface area contributed by atoms with E-state index in [1.807, 2.05) is 14.0 Å². The number of carbonyl (C=O) groups excluding carboxylic acids is 2. The molecule has 0 unspecified atom stereocenters. The number of rotatable bonds is 1. The fourth-order valence-corrected chi connectivity index (χ4v) is 3.75. The Morgan fingerprint density at radius 2 is 1.92 bits per heavy atom. The highest BCUT2D eigenvalue weighted by Gasteiger charge is 2.46. The summed E-state index contributed by atoms with van der Waals surface area (Å²) in [5, 5.41) is 3.02. The lowest BCUT2D eigenvalue weighted by Gasteiger charge is -2.44. The quantitative estimate of drug-likeness (QED) is 0.812. The van der Waals surface area contributed by atoms with E-state index in [2.05, 4.69) is 20.2 Å². The number of carbonyl (C=O) groups is 2. The van der Waals surface area contributed by atoms with Crippen LogP contribution in [-0.2, 0) is 4.79 Å². The van der Waals surface area contributed by atoms with Gasteiger partial charge in [0.15, 0.2) is 0 Å². The number of piperidine rings is 1. The minimum Gasteiger partial charge on any atom is -0.354 e. The molecule has 0 saturated carbocycles. The number of hydrogen-bond donors (Lipinski definition) is 1. The summed E-state index contributed by atoms with van der Waals surface area (Å²) in [6.45, 7) is 6.42. The Bertz CT molecular complexity index is 632. The maximum Gasteiger partial charge on any atom is 0.272 e. The molecule has 0 atom stereocenters. The first-order valence-corrected chi connectivity index (χ1v) is 8.53. The zero-order chi connectivity index (χ0) is 17.3. The van der Waals surface area contributed by atoms with Crippen molar-refractivity contribution in [3.8, 4) is 0 Å². The van der Waals surface area contributed by atoms with Gasteiger partial charge in [-0.3, -0.25) is 14.5 Å². The van der Waals surface area contributed by atoms with Crippen LogP contribution in [0.25, 0.3) is 0 Å². The summed E-state index contributed by atoms with van der Waals surface area (Å²) in [6.07, 6.45) is 2.28. The van der Waals surface area contributed by atoms with Gasteiger partial charge in [0.2, 0.25) is 5.91 Å². The molecule has 2 saturated heterocycles. The average molecular weight is 331 g/mol. The van der Waals surface area contributed by atoms with Gasteiger partial charge in [-0.2, -0.15) is 0 Å². The normalized spacial score (nSPS) is 21.5. The van der Waals surface area contributed by atoms with E-state index in [1.54, 1.807) is 17.9 Å². The van der Waals surface area contributed by atoms with E-state index >= 15 is 0 Å². The molecule has 1 aromatic heterocycles. The van der Waals surface area contributed by atoms with Gasteiger partial charge in [-0.25, -0.2) is 9.97 Å². The van der Waals surface area contributed by atoms with Crippen molar-refractivity contribution in [2.45, 2.75) is 38.6 Å². The molecule has 24 heavy (non-hydrogen) atoms. The molecule has 7 nitrogen and oxygen atoms in total. The number of nitrogens with one attached hydrogen (secondary N) is 1. The largest absolute Gasteiger partial charge is 0.354 e. The van der Waals surface area contributed by atoms with Gasteiger partial charge in [0.25, 0.3) is 5.91 Å². The third kappa shape index (κ3) is 3.00. The lowest BCUT2D eigenvalue weighted by Crippen LogP contribution is -2.61. The summed E-state index contributed by atoms with van der Waals surface area (Å²) in [5.41, 5.74) is 0.752. The smallest absolute Gasteiger partial charge is 0.272 e. The second kappa shape index (κ2) is 6.47. The van der Waals surface area contributed by atoms with Crippen molar-refractivity contribution in [2.24, 2.45) is 0 Å². The van der Waals surface area contributed by atoms with Gasteiger partial charge in [-0.15, -0.1) is 0 Å². The molecule has 2 amide bonds. The van der Waals surface area contributed by atoms with Crippen LogP contribution in [-0.4, -0.2) is 70.3 Å². The topological polar surface area (TPSA) is 78.4 Å². The molecule has 7 heteroatoms. The number of aromatic nitrogens is 2. The van der Waals surface area contributed by atoms with Gasteiger partial charge in [0.05, 0.1) is 0 Å². The predicted octanol–water partition coefficient (Wildman–Crippen LogP) is 0.520. The highest BCUT2D eigenvalue weighted by atomic mass is 16.2. The van der Waals surface area contributed by atoms with Crippen LogP contribution >= 0.6 is 0 Å². The molecule has 0 aliphatic carbocycles. The third-order valence-corrected chi connectivity index (χ3v) is 5.17. The number of amides is 2. The Balaban J connectivity index is 1.74. The number of likely N-dealkylation sites (N-methyl/N-ethyl adjacent to an activating group) is 1. The fourth-order valence-electron chi connectivity index (χ4n) is 3.75. The summed E-state index contributed by atoms with van der Waals surface area (Å²) in [5.74, 6) is 0.633. The molecule has 0 radical (unpaired) electrons. The van der Waals surface area contributed by atoms with Crippen LogP contribution in [0.5, 0.6) is 0 Å². The molecule has 1 spiro atoms. The second-order valence-corrected chi connectivity index (χ2v) is 6.80. The zero-order valence-electron chi connectivity index (χ0n) is 14.6. The lowest BCUT2D eigenvalue weighted by molar-refractivity contribution is -0.134. The van der Waals surface area contributed by atoms with Gasteiger partial charge in [-0.1, -0.05) is 0 Å². The molecule has 2 fully saturated rings. The molecular formula is C17H25N5O2. The summed E-state index contributed by atoms with van der Waals surface area (Å²) in [4.78, 5) is 37.7. The Morgan fingerprint density at radius 1 is 1.21 bits per heavy atom. The molecule has 2 aliphatic heterocycles. The van der Waals surface area contributed by atoms with Crippen LogP contribution in [0, 0.1) is 13.8 Å². The van der Waals surface area contributed by atoms with E-state index in [0.29, 0.717) is 37.4 Å². The van der Waals surface area contributed by atoms with Gasteiger partial charge in [-0.05, 0) is 46.2 Å². The summed E-state index contributed by atoms with van der Waals surface area (Å²) in [6, 6.07) is 1.73. The Morgan fingerprint density at radius 3 is 2.58 bits per heavy atom. The van der Waals surface area contributed by atoms with Crippen molar-refractivity contribution < 1.29 is 9.59 Å². The molecule has 0 aromatic carbocycles. The predicted molar refractivity (Wildman–Crippen MR) is 89.6 cm³/mol. The SMILES string of the molecule is Cc1cc(C(=O)N2CCC3(CC2)C(=O)NCCCN3C)nc(C)n1. The van der Waals surface area contributed by atoms with Crippen molar-refractivity contribution in [1.29, 1.82) is 0 Å². The first-order valence-electron chi connectivity index (χ1n) is 8.53. The first kappa shape index (κ1) is 16.8. The summed E-state index contributed by atoms with van der Waals surface area (Å²) in [7, 11) is 2.01. The van der Waals surface area contributed by atoms with Crippen molar-refractivity contribution in [2.75, 3.05) is 33.2 Å². The molecule has 1 N–H and O–H groups in total. The van der Waals surface area contributed by atoms with Crippen molar-refractivity contribution >= 4 is 11.8 Å². The van der Waals surface area contributed by atoms with Crippen LogP contribution in [0.15, 0.2) is 6.07 Å². The monoisotopic (exact) mass is 331 g/mol. The molecule has 3 rings (SSSR count). The average Bonchev–Trinajstić information content (AvgIpc) is 2.68. The second-order valence-electron chi connectivity index (χ2n) is 6.80. The maximum atomic E-state index is 12.7. The number of aryl methyl sites for hydroxylation is 2. The van der Waals surface area contributed by atoms with E-state index in [4.69, 9.17) is 0 Å². The molecule has 3 heterocycles. The van der Waals surface area contributed by atoms with Crippen LogP contribution < -0.4 is 5.32 Å². The first-order chi connectivity index (χ1) is 11.4. The van der Waals surface area contributed by atoms with Crippen LogP contribution in [0.4, 0.5) is 0 Å². The van der Waals surface area contributed by atoms with Crippen LogP contribution in [0.3, 0.4) is 0 Å². The third-order valence-electron chi connectivity index (χ3n) is 5.17. The van der Waals surface area contributed by atoms with E-state index in [0.717, 1.165) is 25.2 Å².